The molecule has 160 valence electrons. The van der Waals surface area contributed by atoms with Crippen LogP contribution in [0.4, 0.5) is 0 Å². The highest BCUT2D eigenvalue weighted by Gasteiger charge is 2.13. The minimum absolute atomic E-state index is 0.157. The van der Waals surface area contributed by atoms with Gasteiger partial charge in [-0.3, -0.25) is 9.59 Å². The summed E-state index contributed by atoms with van der Waals surface area (Å²) in [6.07, 6.45) is 1.59. The van der Waals surface area contributed by atoms with Crippen molar-refractivity contribution in [3.8, 4) is 16.9 Å². The minimum Gasteiger partial charge on any atom is -0.488 e. The Kier molecular flexibility index (Phi) is 6.29. The third-order valence-electron chi connectivity index (χ3n) is 4.66. The number of nitrogens with zero attached hydrogens (tertiary/aromatic N) is 1. The second-order valence-corrected chi connectivity index (χ2v) is 9.57. The summed E-state index contributed by atoms with van der Waals surface area (Å²) in [7, 11) is 0. The summed E-state index contributed by atoms with van der Waals surface area (Å²) in [5, 5.41) is 3.10. The maximum Gasteiger partial charge on any atom is 0.260 e. The van der Waals surface area contributed by atoms with Gasteiger partial charge in [0.15, 0.2) is 10.9 Å². The maximum atomic E-state index is 12.8. The SMILES string of the molecule is Cc1ccc(-c2csc3nc(SCc4cc(=O)c(OCC(C)C)c[nH]4)[nH]c(=O)c23)cc1. The quantitative estimate of drug-likeness (QED) is 0.304. The molecule has 2 N–H and O–H groups in total. The number of fused-ring (bicyclic) bond motifs is 1. The lowest BCUT2D eigenvalue weighted by Crippen LogP contribution is -2.13. The van der Waals surface area contributed by atoms with Crippen LogP contribution in [-0.2, 0) is 5.75 Å². The predicted octanol–water partition coefficient (Wildman–Crippen LogP) is 4.98. The van der Waals surface area contributed by atoms with E-state index in [1.165, 1.54) is 34.7 Å². The molecule has 0 spiro atoms. The number of thioether (sulfide) groups is 1. The fourth-order valence-electron chi connectivity index (χ4n) is 3.04. The van der Waals surface area contributed by atoms with Crippen molar-refractivity contribution < 1.29 is 4.74 Å². The van der Waals surface area contributed by atoms with Crippen LogP contribution in [0, 0.1) is 12.8 Å². The molecule has 1 aromatic carbocycles. The molecule has 0 amide bonds. The van der Waals surface area contributed by atoms with E-state index in [1.807, 2.05) is 50.4 Å². The van der Waals surface area contributed by atoms with Crippen molar-refractivity contribution in [2.45, 2.75) is 31.7 Å². The van der Waals surface area contributed by atoms with Crippen LogP contribution in [0.25, 0.3) is 21.3 Å². The maximum absolute atomic E-state index is 12.8. The molecule has 3 heterocycles. The van der Waals surface area contributed by atoms with Crippen molar-refractivity contribution in [1.29, 1.82) is 0 Å². The molecule has 0 saturated heterocycles. The van der Waals surface area contributed by atoms with Crippen LogP contribution in [0.1, 0.15) is 25.1 Å². The summed E-state index contributed by atoms with van der Waals surface area (Å²) >= 11 is 2.83. The number of benzene rings is 1. The number of ether oxygens (including phenoxy) is 1. The first-order valence-corrected chi connectivity index (χ1v) is 11.8. The van der Waals surface area contributed by atoms with Crippen molar-refractivity contribution in [2.75, 3.05) is 6.61 Å². The average molecular weight is 454 g/mol. The van der Waals surface area contributed by atoms with Crippen molar-refractivity contribution in [2.24, 2.45) is 5.92 Å². The van der Waals surface area contributed by atoms with E-state index in [1.54, 1.807) is 6.20 Å². The third kappa shape index (κ3) is 4.91. The highest BCUT2D eigenvalue weighted by atomic mass is 32.2. The summed E-state index contributed by atoms with van der Waals surface area (Å²) < 4.78 is 5.52. The fraction of sp³-hybridized carbons (Fsp3) is 0.261. The van der Waals surface area contributed by atoms with E-state index in [4.69, 9.17) is 4.74 Å². The second-order valence-electron chi connectivity index (χ2n) is 7.75. The molecule has 0 saturated carbocycles. The molecule has 0 atom stereocenters. The Hall–Kier alpha value is -2.84. The normalized spacial score (nSPS) is 11.4. The number of aryl methyl sites for hydroxylation is 1. The van der Waals surface area contributed by atoms with Gasteiger partial charge in [-0.15, -0.1) is 11.3 Å². The number of thiophene rings is 1. The van der Waals surface area contributed by atoms with Gasteiger partial charge in [-0.2, -0.15) is 0 Å². The van der Waals surface area contributed by atoms with Gasteiger partial charge in [-0.1, -0.05) is 55.4 Å². The summed E-state index contributed by atoms with van der Waals surface area (Å²) in [5.41, 5.74) is 3.49. The number of H-pyrrole nitrogens is 2. The first-order valence-electron chi connectivity index (χ1n) is 9.96. The van der Waals surface area contributed by atoms with Gasteiger partial charge in [0.1, 0.15) is 4.83 Å². The van der Waals surface area contributed by atoms with Crippen LogP contribution < -0.4 is 15.7 Å². The standard InChI is InChI=1S/C23H23N3O3S2/c1-13(2)10-29-19-9-24-16(8-18(19)27)11-31-23-25-21(28)20-17(12-30-22(20)26-23)15-6-4-14(3)5-7-15/h4-9,12-13H,10-11H2,1-3H3,(H,24,27)(H,25,26,28). The Morgan fingerprint density at radius 1 is 1.19 bits per heavy atom. The van der Waals surface area contributed by atoms with Crippen LogP contribution in [0.15, 0.2) is 56.7 Å². The monoisotopic (exact) mass is 453 g/mol. The number of pyridine rings is 1. The molecule has 0 aliphatic rings. The number of aromatic nitrogens is 3. The molecule has 6 nitrogen and oxygen atoms in total. The highest BCUT2D eigenvalue weighted by Crippen LogP contribution is 2.32. The van der Waals surface area contributed by atoms with Crippen molar-refractivity contribution in [1.82, 2.24) is 15.0 Å². The van der Waals surface area contributed by atoms with Gasteiger partial charge in [-0.05, 0) is 18.4 Å². The lowest BCUT2D eigenvalue weighted by atomic mass is 10.1. The van der Waals surface area contributed by atoms with Gasteiger partial charge in [0.25, 0.3) is 5.56 Å². The zero-order valence-electron chi connectivity index (χ0n) is 17.5. The highest BCUT2D eigenvalue weighted by molar-refractivity contribution is 7.98. The van der Waals surface area contributed by atoms with Crippen LogP contribution in [0.2, 0.25) is 0 Å². The summed E-state index contributed by atoms with van der Waals surface area (Å²) in [5.74, 6) is 1.14. The smallest absolute Gasteiger partial charge is 0.260 e. The number of hydrogen-bond donors (Lipinski definition) is 2. The first kappa shape index (κ1) is 21.4. The van der Waals surface area contributed by atoms with Gasteiger partial charge in [0.05, 0.1) is 12.0 Å². The molecule has 0 radical (unpaired) electrons. The van der Waals surface area contributed by atoms with E-state index in [-0.39, 0.29) is 11.0 Å². The first-order chi connectivity index (χ1) is 14.9. The van der Waals surface area contributed by atoms with E-state index >= 15 is 0 Å². The van der Waals surface area contributed by atoms with Crippen LogP contribution >= 0.6 is 23.1 Å². The number of hydrogen-bond acceptors (Lipinski definition) is 6. The largest absolute Gasteiger partial charge is 0.488 e. The van der Waals surface area contributed by atoms with E-state index in [0.29, 0.717) is 39.4 Å². The average Bonchev–Trinajstić information content (AvgIpc) is 3.16. The molecule has 8 heteroatoms. The molecule has 0 fully saturated rings. The molecule has 4 rings (SSSR count). The van der Waals surface area contributed by atoms with E-state index in [0.717, 1.165) is 16.8 Å². The number of nitrogens with one attached hydrogen (secondary N) is 2. The fourth-order valence-corrected chi connectivity index (χ4v) is 4.83. The topological polar surface area (TPSA) is 87.8 Å². The van der Waals surface area contributed by atoms with Gasteiger partial charge in [0.2, 0.25) is 5.43 Å². The predicted molar refractivity (Wildman–Crippen MR) is 127 cm³/mol. The molecule has 0 aliphatic heterocycles. The Labute approximate surface area is 187 Å². The molecular formula is C23H23N3O3S2. The van der Waals surface area contributed by atoms with Crippen LogP contribution in [0.3, 0.4) is 0 Å². The van der Waals surface area contributed by atoms with E-state index < -0.39 is 0 Å². The molecule has 3 aromatic heterocycles. The molecule has 0 unspecified atom stereocenters. The van der Waals surface area contributed by atoms with Crippen molar-refractivity contribution >= 4 is 33.3 Å². The lowest BCUT2D eigenvalue weighted by molar-refractivity contribution is 0.268. The van der Waals surface area contributed by atoms with Gasteiger partial charge < -0.3 is 14.7 Å². The van der Waals surface area contributed by atoms with Crippen molar-refractivity contribution in [3.63, 3.8) is 0 Å². The molecule has 31 heavy (non-hydrogen) atoms. The summed E-state index contributed by atoms with van der Waals surface area (Å²) in [6.45, 7) is 6.59. The van der Waals surface area contributed by atoms with Crippen LogP contribution in [-0.4, -0.2) is 21.6 Å². The van der Waals surface area contributed by atoms with Crippen molar-refractivity contribution in [3.05, 3.63) is 73.7 Å². The second kappa shape index (κ2) is 9.11. The Bertz CT molecular complexity index is 1320. The van der Waals surface area contributed by atoms with Gasteiger partial charge >= 0.3 is 0 Å². The Morgan fingerprint density at radius 3 is 2.68 bits per heavy atom. The minimum atomic E-state index is -0.159. The molecule has 0 bridgehead atoms. The van der Waals surface area contributed by atoms with E-state index in [2.05, 4.69) is 15.0 Å². The lowest BCUT2D eigenvalue weighted by Gasteiger charge is -2.08. The molecule has 4 aromatic rings. The molecular weight excluding hydrogens is 430 g/mol. The zero-order valence-corrected chi connectivity index (χ0v) is 19.2. The molecule has 0 aliphatic carbocycles. The number of aromatic amines is 2. The Morgan fingerprint density at radius 2 is 1.97 bits per heavy atom. The summed E-state index contributed by atoms with van der Waals surface area (Å²) in [4.78, 5) is 36.3. The number of rotatable bonds is 7. The van der Waals surface area contributed by atoms with E-state index in [9.17, 15) is 9.59 Å². The van der Waals surface area contributed by atoms with Gasteiger partial charge in [-0.25, -0.2) is 4.98 Å². The van der Waals surface area contributed by atoms with Gasteiger partial charge in [0, 0.05) is 34.7 Å². The Balaban J connectivity index is 1.52. The third-order valence-corrected chi connectivity index (χ3v) is 6.45. The summed E-state index contributed by atoms with van der Waals surface area (Å²) in [6, 6.07) is 9.63. The van der Waals surface area contributed by atoms with Crippen LogP contribution in [0.5, 0.6) is 5.75 Å². The zero-order chi connectivity index (χ0) is 22.0.